The van der Waals surface area contributed by atoms with Crippen LogP contribution in [0.2, 0.25) is 0 Å². The number of ketones is 1. The van der Waals surface area contributed by atoms with Crippen molar-refractivity contribution in [3.63, 3.8) is 0 Å². The molecule has 0 spiro atoms. The van der Waals surface area contributed by atoms with Crippen LogP contribution in [-0.2, 0) is 6.42 Å². The van der Waals surface area contributed by atoms with Gasteiger partial charge in [-0.2, -0.15) is 0 Å². The van der Waals surface area contributed by atoms with Crippen LogP contribution in [0.4, 0.5) is 5.69 Å². The third-order valence-electron chi connectivity index (χ3n) is 6.61. The fourth-order valence-corrected chi connectivity index (χ4v) is 4.64. The Labute approximate surface area is 207 Å². The van der Waals surface area contributed by atoms with Crippen molar-refractivity contribution in [2.75, 3.05) is 39.3 Å². The second kappa shape index (κ2) is 11.6. The van der Waals surface area contributed by atoms with E-state index in [1.54, 1.807) is 33.5 Å². The number of piperidine rings is 1. The molecule has 0 atom stereocenters. The Morgan fingerprint density at radius 3 is 2.09 bits per heavy atom. The van der Waals surface area contributed by atoms with E-state index in [4.69, 9.17) is 14.2 Å². The maximum atomic E-state index is 12.8. The first kappa shape index (κ1) is 24.4. The van der Waals surface area contributed by atoms with Gasteiger partial charge in [0.1, 0.15) is 0 Å². The Balaban J connectivity index is 1.36. The molecular formula is C30H33NO4. The van der Waals surface area contributed by atoms with Gasteiger partial charge in [-0.05, 0) is 78.8 Å². The summed E-state index contributed by atoms with van der Waals surface area (Å²) in [6, 6.07) is 22.3. The van der Waals surface area contributed by atoms with E-state index in [9.17, 15) is 4.79 Å². The topological polar surface area (TPSA) is 48.0 Å². The zero-order valence-electron chi connectivity index (χ0n) is 20.7. The summed E-state index contributed by atoms with van der Waals surface area (Å²) in [7, 11) is 4.71. The van der Waals surface area contributed by atoms with Crippen molar-refractivity contribution >= 4 is 17.5 Å². The molecule has 1 aliphatic rings. The predicted octanol–water partition coefficient (Wildman–Crippen LogP) is 6.07. The predicted molar refractivity (Wildman–Crippen MR) is 141 cm³/mol. The van der Waals surface area contributed by atoms with Crippen molar-refractivity contribution in [1.82, 2.24) is 0 Å². The van der Waals surface area contributed by atoms with E-state index in [1.807, 2.05) is 24.3 Å². The number of nitrogens with zero attached hydrogens (tertiary/aromatic N) is 1. The largest absolute Gasteiger partial charge is 0.493 e. The molecule has 182 valence electrons. The Kier molecular flexibility index (Phi) is 8.09. The van der Waals surface area contributed by atoms with Crippen LogP contribution in [0, 0.1) is 5.92 Å². The Morgan fingerprint density at radius 2 is 1.51 bits per heavy atom. The van der Waals surface area contributed by atoms with Gasteiger partial charge in [-0.3, -0.25) is 4.79 Å². The number of allylic oxidation sites excluding steroid dienone is 1. The monoisotopic (exact) mass is 471 g/mol. The first-order chi connectivity index (χ1) is 17.1. The summed E-state index contributed by atoms with van der Waals surface area (Å²) in [6.07, 6.45) is 6.86. The normalized spacial score (nSPS) is 14.2. The van der Waals surface area contributed by atoms with Crippen LogP contribution in [0.25, 0.3) is 6.08 Å². The van der Waals surface area contributed by atoms with Gasteiger partial charge in [0, 0.05) is 24.3 Å². The summed E-state index contributed by atoms with van der Waals surface area (Å²) in [5.41, 5.74) is 4.06. The highest BCUT2D eigenvalue weighted by Crippen LogP contribution is 2.38. The molecule has 4 rings (SSSR count). The SMILES string of the molecule is COc1cc(/C=C/C(=O)c2ccc(N3CCC(Cc4ccccc4)CC3)cc2)cc(OC)c1OC. The minimum atomic E-state index is -0.0492. The number of rotatable bonds is 9. The summed E-state index contributed by atoms with van der Waals surface area (Å²) >= 11 is 0. The van der Waals surface area contributed by atoms with Crippen molar-refractivity contribution in [1.29, 1.82) is 0 Å². The van der Waals surface area contributed by atoms with E-state index in [2.05, 4.69) is 47.4 Å². The zero-order valence-corrected chi connectivity index (χ0v) is 20.7. The molecule has 1 aliphatic heterocycles. The number of anilines is 1. The number of methoxy groups -OCH3 is 3. The van der Waals surface area contributed by atoms with Crippen molar-refractivity contribution in [3.05, 3.63) is 89.5 Å². The average Bonchev–Trinajstić information content (AvgIpc) is 2.92. The molecule has 5 heteroatoms. The highest BCUT2D eigenvalue weighted by molar-refractivity contribution is 6.07. The molecule has 0 amide bonds. The van der Waals surface area contributed by atoms with Crippen molar-refractivity contribution < 1.29 is 19.0 Å². The van der Waals surface area contributed by atoms with Crippen LogP contribution < -0.4 is 19.1 Å². The molecule has 0 aliphatic carbocycles. The van der Waals surface area contributed by atoms with E-state index >= 15 is 0 Å². The molecule has 0 aromatic heterocycles. The fourth-order valence-electron chi connectivity index (χ4n) is 4.64. The molecule has 0 bridgehead atoms. The summed E-state index contributed by atoms with van der Waals surface area (Å²) in [4.78, 5) is 15.2. The second-order valence-electron chi connectivity index (χ2n) is 8.82. The van der Waals surface area contributed by atoms with Crippen molar-refractivity contribution in [2.24, 2.45) is 5.92 Å². The quantitative estimate of drug-likeness (QED) is 0.280. The third kappa shape index (κ3) is 6.04. The van der Waals surface area contributed by atoms with Crippen LogP contribution in [0.15, 0.2) is 72.8 Å². The molecule has 5 nitrogen and oxygen atoms in total. The lowest BCUT2D eigenvalue weighted by molar-refractivity contribution is 0.104. The minimum Gasteiger partial charge on any atom is -0.493 e. The molecule has 3 aromatic rings. The van der Waals surface area contributed by atoms with Crippen LogP contribution >= 0.6 is 0 Å². The smallest absolute Gasteiger partial charge is 0.203 e. The van der Waals surface area contributed by atoms with E-state index in [1.165, 1.54) is 24.1 Å². The van der Waals surface area contributed by atoms with Crippen molar-refractivity contribution in [2.45, 2.75) is 19.3 Å². The maximum absolute atomic E-state index is 12.8. The lowest BCUT2D eigenvalue weighted by Crippen LogP contribution is -2.34. The first-order valence-corrected chi connectivity index (χ1v) is 12.0. The summed E-state index contributed by atoms with van der Waals surface area (Å²) in [5, 5.41) is 0. The molecule has 0 unspecified atom stereocenters. The summed E-state index contributed by atoms with van der Waals surface area (Å²) < 4.78 is 16.1. The van der Waals surface area contributed by atoms with E-state index in [-0.39, 0.29) is 5.78 Å². The lowest BCUT2D eigenvalue weighted by atomic mass is 9.90. The van der Waals surface area contributed by atoms with E-state index < -0.39 is 0 Å². The van der Waals surface area contributed by atoms with Gasteiger partial charge >= 0.3 is 0 Å². The number of hydrogen-bond acceptors (Lipinski definition) is 5. The molecule has 35 heavy (non-hydrogen) atoms. The first-order valence-electron chi connectivity index (χ1n) is 12.0. The summed E-state index contributed by atoms with van der Waals surface area (Å²) in [6.45, 7) is 2.09. The van der Waals surface area contributed by atoms with E-state index in [0.29, 0.717) is 22.8 Å². The summed E-state index contributed by atoms with van der Waals surface area (Å²) in [5.74, 6) is 2.31. The number of carbonyl (C=O) groups excluding carboxylic acids is 1. The number of benzene rings is 3. The molecule has 0 radical (unpaired) electrons. The second-order valence-corrected chi connectivity index (χ2v) is 8.82. The van der Waals surface area contributed by atoms with E-state index in [0.717, 1.165) is 31.0 Å². The molecule has 1 heterocycles. The Hall–Kier alpha value is -3.73. The molecule has 0 saturated carbocycles. The zero-order chi connectivity index (χ0) is 24.6. The van der Waals surface area contributed by atoms with Gasteiger partial charge in [-0.15, -0.1) is 0 Å². The fraction of sp³-hybridized carbons (Fsp3) is 0.300. The van der Waals surface area contributed by atoms with Crippen LogP contribution in [0.5, 0.6) is 17.2 Å². The van der Waals surface area contributed by atoms with Crippen molar-refractivity contribution in [3.8, 4) is 17.2 Å². The average molecular weight is 472 g/mol. The van der Waals surface area contributed by atoms with Gasteiger partial charge < -0.3 is 19.1 Å². The van der Waals surface area contributed by atoms with Crippen LogP contribution in [0.3, 0.4) is 0 Å². The molecular weight excluding hydrogens is 438 g/mol. The van der Waals surface area contributed by atoms with Gasteiger partial charge in [-0.25, -0.2) is 0 Å². The van der Waals surface area contributed by atoms with Gasteiger partial charge in [-0.1, -0.05) is 36.4 Å². The number of carbonyl (C=O) groups is 1. The van der Waals surface area contributed by atoms with Gasteiger partial charge in [0.25, 0.3) is 0 Å². The van der Waals surface area contributed by atoms with Gasteiger partial charge in [0.15, 0.2) is 17.3 Å². The molecule has 3 aromatic carbocycles. The highest BCUT2D eigenvalue weighted by Gasteiger charge is 2.20. The Morgan fingerprint density at radius 1 is 0.886 bits per heavy atom. The van der Waals surface area contributed by atoms with Crippen LogP contribution in [-0.4, -0.2) is 40.2 Å². The molecule has 1 saturated heterocycles. The third-order valence-corrected chi connectivity index (χ3v) is 6.61. The maximum Gasteiger partial charge on any atom is 0.203 e. The standard InChI is InChI=1S/C30H33NO4/c1-33-28-20-24(21-29(34-2)30(28)35-3)9-14-27(32)25-10-12-26(13-11-25)31-17-15-23(16-18-31)19-22-7-5-4-6-8-22/h4-14,20-21,23H,15-19H2,1-3H3/b14-9+. The lowest BCUT2D eigenvalue weighted by Gasteiger charge is -2.33. The number of ether oxygens (including phenoxy) is 3. The Bertz CT molecular complexity index is 1120. The number of hydrogen-bond donors (Lipinski definition) is 0. The highest BCUT2D eigenvalue weighted by atomic mass is 16.5. The molecule has 0 N–H and O–H groups in total. The minimum absolute atomic E-state index is 0.0492. The molecule has 1 fully saturated rings. The van der Waals surface area contributed by atoms with Gasteiger partial charge in [0.05, 0.1) is 21.3 Å². The van der Waals surface area contributed by atoms with Gasteiger partial charge in [0.2, 0.25) is 5.75 Å². The van der Waals surface area contributed by atoms with Crippen LogP contribution in [0.1, 0.15) is 34.3 Å².